The van der Waals surface area contributed by atoms with Gasteiger partial charge in [0.2, 0.25) is 5.91 Å². The monoisotopic (exact) mass is 298 g/mol. The van der Waals surface area contributed by atoms with Crippen molar-refractivity contribution >= 4 is 16.8 Å². The second-order valence-corrected chi connectivity index (χ2v) is 6.04. The minimum absolute atomic E-state index is 0.0240. The fraction of sp³-hybridized carbons (Fsp3) is 0.444. The minimum Gasteiger partial charge on any atom is -0.395 e. The zero-order chi connectivity index (χ0) is 15.7. The van der Waals surface area contributed by atoms with Gasteiger partial charge < -0.3 is 10.0 Å². The summed E-state index contributed by atoms with van der Waals surface area (Å²) >= 11 is 0. The molecule has 4 nitrogen and oxygen atoms in total. The lowest BCUT2D eigenvalue weighted by molar-refractivity contribution is -0.131. The second-order valence-electron chi connectivity index (χ2n) is 6.04. The molecule has 2 aromatic rings. The van der Waals surface area contributed by atoms with Crippen LogP contribution < -0.4 is 0 Å². The number of hydrogen-bond acceptors (Lipinski definition) is 3. The number of rotatable bonds is 5. The van der Waals surface area contributed by atoms with Crippen molar-refractivity contribution in [3.05, 3.63) is 41.1 Å². The van der Waals surface area contributed by atoms with Gasteiger partial charge in [0.15, 0.2) is 0 Å². The molecule has 1 fully saturated rings. The van der Waals surface area contributed by atoms with E-state index in [1.807, 2.05) is 30.0 Å². The van der Waals surface area contributed by atoms with E-state index in [1.54, 1.807) is 0 Å². The van der Waals surface area contributed by atoms with Crippen molar-refractivity contribution in [3.63, 3.8) is 0 Å². The van der Waals surface area contributed by atoms with Crippen LogP contribution >= 0.6 is 0 Å². The lowest BCUT2D eigenvalue weighted by atomic mass is 9.99. The van der Waals surface area contributed by atoms with Gasteiger partial charge in [-0.3, -0.25) is 9.78 Å². The number of amides is 1. The third-order valence-corrected chi connectivity index (χ3v) is 4.46. The van der Waals surface area contributed by atoms with E-state index < -0.39 is 0 Å². The second kappa shape index (κ2) is 6.05. The van der Waals surface area contributed by atoms with Crippen molar-refractivity contribution in [2.45, 2.75) is 39.2 Å². The Bertz CT molecular complexity index is 708. The Morgan fingerprint density at radius 3 is 2.73 bits per heavy atom. The number of nitrogens with zero attached hydrogens (tertiary/aromatic N) is 2. The van der Waals surface area contributed by atoms with Crippen LogP contribution in [0.15, 0.2) is 24.3 Å². The summed E-state index contributed by atoms with van der Waals surface area (Å²) in [5.74, 6) is 0.0971. The molecule has 1 heterocycles. The Morgan fingerprint density at radius 1 is 1.32 bits per heavy atom. The highest BCUT2D eigenvalue weighted by Crippen LogP contribution is 2.28. The molecule has 1 aromatic heterocycles. The molecule has 116 valence electrons. The van der Waals surface area contributed by atoms with E-state index in [-0.39, 0.29) is 12.5 Å². The fourth-order valence-electron chi connectivity index (χ4n) is 3.09. The van der Waals surface area contributed by atoms with Crippen molar-refractivity contribution < 1.29 is 9.90 Å². The summed E-state index contributed by atoms with van der Waals surface area (Å²) in [5.41, 5.74) is 4.05. The van der Waals surface area contributed by atoms with Gasteiger partial charge in [0, 0.05) is 23.7 Å². The normalized spacial score (nSPS) is 14.3. The van der Waals surface area contributed by atoms with Gasteiger partial charge in [-0.1, -0.05) is 18.2 Å². The smallest absolute Gasteiger partial charge is 0.227 e. The number of aromatic nitrogens is 1. The predicted molar refractivity (Wildman–Crippen MR) is 86.7 cm³/mol. The molecule has 1 N–H and O–H groups in total. The van der Waals surface area contributed by atoms with E-state index in [0.29, 0.717) is 19.0 Å². The maximum Gasteiger partial charge on any atom is 0.227 e. The van der Waals surface area contributed by atoms with Crippen LogP contribution in [0.3, 0.4) is 0 Å². The van der Waals surface area contributed by atoms with Crippen LogP contribution in [-0.4, -0.2) is 40.1 Å². The standard InChI is InChI=1S/C18H22N2O2/c1-12-15-5-3-4-6-17(15)19-13(2)16(12)11-18(22)20(9-10-21)14-7-8-14/h3-6,14,21H,7-11H2,1-2H3. The van der Waals surface area contributed by atoms with E-state index in [4.69, 9.17) is 0 Å². The Balaban J connectivity index is 1.91. The van der Waals surface area contributed by atoms with Gasteiger partial charge in [-0.05, 0) is 43.9 Å². The molecule has 0 atom stereocenters. The Morgan fingerprint density at radius 2 is 2.05 bits per heavy atom. The summed E-state index contributed by atoms with van der Waals surface area (Å²) in [6.07, 6.45) is 2.48. The van der Waals surface area contributed by atoms with Gasteiger partial charge in [0.05, 0.1) is 18.5 Å². The third kappa shape index (κ3) is 2.83. The summed E-state index contributed by atoms with van der Waals surface area (Å²) in [5, 5.41) is 10.3. The van der Waals surface area contributed by atoms with Crippen LogP contribution in [0.2, 0.25) is 0 Å². The minimum atomic E-state index is 0.0240. The zero-order valence-corrected chi connectivity index (χ0v) is 13.2. The summed E-state index contributed by atoms with van der Waals surface area (Å²) in [4.78, 5) is 19.1. The van der Waals surface area contributed by atoms with Gasteiger partial charge in [-0.15, -0.1) is 0 Å². The van der Waals surface area contributed by atoms with Gasteiger partial charge >= 0.3 is 0 Å². The Labute approximate surface area is 130 Å². The maximum absolute atomic E-state index is 12.6. The highest BCUT2D eigenvalue weighted by atomic mass is 16.3. The maximum atomic E-state index is 12.6. The topological polar surface area (TPSA) is 53.4 Å². The highest BCUT2D eigenvalue weighted by molar-refractivity contribution is 5.86. The average Bonchev–Trinajstić information content (AvgIpc) is 3.33. The molecule has 1 aliphatic rings. The predicted octanol–water partition coefficient (Wildman–Crippen LogP) is 2.38. The van der Waals surface area contributed by atoms with Crippen molar-refractivity contribution in [1.82, 2.24) is 9.88 Å². The summed E-state index contributed by atoms with van der Waals surface area (Å²) in [7, 11) is 0. The molecule has 0 saturated heterocycles. The fourth-order valence-corrected chi connectivity index (χ4v) is 3.09. The molecule has 22 heavy (non-hydrogen) atoms. The molecule has 0 radical (unpaired) electrons. The summed E-state index contributed by atoms with van der Waals surface area (Å²) in [6.45, 7) is 4.49. The number of carbonyl (C=O) groups is 1. The van der Waals surface area contributed by atoms with Crippen LogP contribution in [0.25, 0.3) is 10.9 Å². The molecule has 3 rings (SSSR count). The van der Waals surface area contributed by atoms with Crippen molar-refractivity contribution in [3.8, 4) is 0 Å². The van der Waals surface area contributed by atoms with Crippen LogP contribution in [-0.2, 0) is 11.2 Å². The molecule has 1 amide bonds. The summed E-state index contributed by atoms with van der Waals surface area (Å²) in [6, 6.07) is 8.37. The Hall–Kier alpha value is -1.94. The largest absolute Gasteiger partial charge is 0.395 e. The van der Waals surface area contributed by atoms with E-state index in [1.165, 1.54) is 0 Å². The van der Waals surface area contributed by atoms with Crippen LogP contribution in [0.5, 0.6) is 0 Å². The molecule has 1 aliphatic carbocycles. The average molecular weight is 298 g/mol. The van der Waals surface area contributed by atoms with Gasteiger partial charge in [0.1, 0.15) is 0 Å². The SMILES string of the molecule is Cc1nc2ccccc2c(C)c1CC(=O)N(CCO)C1CC1. The Kier molecular flexibility index (Phi) is 4.12. The number of aryl methyl sites for hydroxylation is 2. The number of fused-ring (bicyclic) bond motifs is 1. The zero-order valence-electron chi connectivity index (χ0n) is 13.2. The number of benzene rings is 1. The first-order valence-electron chi connectivity index (χ1n) is 7.87. The van der Waals surface area contributed by atoms with Gasteiger partial charge in [-0.2, -0.15) is 0 Å². The molecule has 4 heteroatoms. The third-order valence-electron chi connectivity index (χ3n) is 4.46. The number of aliphatic hydroxyl groups is 1. The molecular weight excluding hydrogens is 276 g/mol. The van der Waals surface area contributed by atoms with Crippen LogP contribution in [0, 0.1) is 13.8 Å². The molecule has 0 spiro atoms. The van der Waals surface area contributed by atoms with E-state index in [0.717, 1.165) is 40.6 Å². The molecular formula is C18H22N2O2. The number of pyridine rings is 1. The van der Waals surface area contributed by atoms with Crippen molar-refractivity contribution in [1.29, 1.82) is 0 Å². The van der Waals surface area contributed by atoms with Crippen molar-refractivity contribution in [2.75, 3.05) is 13.2 Å². The highest BCUT2D eigenvalue weighted by Gasteiger charge is 2.32. The van der Waals surface area contributed by atoms with E-state index in [9.17, 15) is 9.90 Å². The molecule has 0 bridgehead atoms. The summed E-state index contributed by atoms with van der Waals surface area (Å²) < 4.78 is 0. The van der Waals surface area contributed by atoms with Crippen LogP contribution in [0.4, 0.5) is 0 Å². The molecule has 1 aromatic carbocycles. The van der Waals surface area contributed by atoms with Crippen molar-refractivity contribution in [2.24, 2.45) is 0 Å². The number of hydrogen-bond donors (Lipinski definition) is 1. The van der Waals surface area contributed by atoms with E-state index in [2.05, 4.69) is 18.0 Å². The molecule has 0 unspecified atom stereocenters. The van der Waals surface area contributed by atoms with Crippen LogP contribution in [0.1, 0.15) is 29.7 Å². The number of carbonyl (C=O) groups excluding carboxylic acids is 1. The first kappa shape index (κ1) is 15.0. The van der Waals surface area contributed by atoms with Gasteiger partial charge in [0.25, 0.3) is 0 Å². The lowest BCUT2D eigenvalue weighted by Crippen LogP contribution is -2.36. The molecule has 0 aliphatic heterocycles. The first-order valence-corrected chi connectivity index (χ1v) is 7.87. The van der Waals surface area contributed by atoms with E-state index >= 15 is 0 Å². The quantitative estimate of drug-likeness (QED) is 0.922. The number of aliphatic hydroxyl groups excluding tert-OH is 1. The molecule has 1 saturated carbocycles. The number of para-hydroxylation sites is 1. The van der Waals surface area contributed by atoms with Gasteiger partial charge in [-0.25, -0.2) is 0 Å². The lowest BCUT2D eigenvalue weighted by Gasteiger charge is -2.22. The first-order chi connectivity index (χ1) is 10.6.